The third-order valence-corrected chi connectivity index (χ3v) is 2.90. The van der Waals surface area contributed by atoms with E-state index in [9.17, 15) is 0 Å². The van der Waals surface area contributed by atoms with Crippen molar-refractivity contribution in [3.63, 3.8) is 0 Å². The minimum Gasteiger partial charge on any atom is -0.497 e. The zero-order chi connectivity index (χ0) is 11.4. The van der Waals surface area contributed by atoms with Crippen LogP contribution in [0.4, 0.5) is 5.13 Å². The molecule has 4 nitrogen and oxygen atoms in total. The van der Waals surface area contributed by atoms with Gasteiger partial charge in [0.25, 0.3) is 0 Å². The highest BCUT2D eigenvalue weighted by Crippen LogP contribution is 2.17. The second-order valence-corrected chi connectivity index (χ2v) is 4.51. The molecule has 84 valence electrons. The van der Waals surface area contributed by atoms with Gasteiger partial charge in [0.15, 0.2) is 0 Å². The van der Waals surface area contributed by atoms with Gasteiger partial charge in [0.1, 0.15) is 10.8 Å². The van der Waals surface area contributed by atoms with E-state index in [1.165, 1.54) is 0 Å². The van der Waals surface area contributed by atoms with Crippen molar-refractivity contribution in [3.8, 4) is 5.75 Å². The highest BCUT2D eigenvalue weighted by atomic mass is 32.1. The van der Waals surface area contributed by atoms with Crippen LogP contribution in [0.2, 0.25) is 0 Å². The van der Waals surface area contributed by atoms with Crippen molar-refractivity contribution in [1.29, 1.82) is 0 Å². The van der Waals surface area contributed by atoms with E-state index >= 15 is 0 Å². The van der Waals surface area contributed by atoms with Crippen molar-refractivity contribution in [2.45, 2.75) is 13.5 Å². The Hall–Kier alpha value is -1.62. The molecule has 1 N–H and O–H groups in total. The molecule has 5 heteroatoms. The van der Waals surface area contributed by atoms with E-state index in [1.54, 1.807) is 18.4 Å². The van der Waals surface area contributed by atoms with Gasteiger partial charge in [-0.2, -0.15) is 0 Å². The van der Waals surface area contributed by atoms with Gasteiger partial charge >= 0.3 is 0 Å². The number of methoxy groups -OCH3 is 1. The Morgan fingerprint density at radius 3 is 2.94 bits per heavy atom. The van der Waals surface area contributed by atoms with Gasteiger partial charge in [0, 0.05) is 6.54 Å². The first-order valence-corrected chi connectivity index (χ1v) is 5.76. The number of nitrogens with one attached hydrogen (secondary N) is 1. The van der Waals surface area contributed by atoms with Crippen LogP contribution < -0.4 is 10.1 Å². The predicted molar refractivity (Wildman–Crippen MR) is 65.0 cm³/mol. The Kier molecular flexibility index (Phi) is 3.36. The Bertz CT molecular complexity index is 470. The van der Waals surface area contributed by atoms with Crippen molar-refractivity contribution in [2.75, 3.05) is 12.4 Å². The average molecular weight is 235 g/mol. The van der Waals surface area contributed by atoms with Crippen LogP contribution in [0, 0.1) is 6.92 Å². The number of benzene rings is 1. The molecule has 1 aromatic heterocycles. The minimum absolute atomic E-state index is 0.728. The second-order valence-electron chi connectivity index (χ2n) is 3.33. The second kappa shape index (κ2) is 4.94. The van der Waals surface area contributed by atoms with Crippen LogP contribution in [-0.4, -0.2) is 17.3 Å². The normalized spacial score (nSPS) is 10.1. The Morgan fingerprint density at radius 1 is 1.38 bits per heavy atom. The fourth-order valence-electron chi connectivity index (χ4n) is 1.33. The smallest absolute Gasteiger partial charge is 0.205 e. The number of hydrogen-bond donors (Lipinski definition) is 1. The fourth-order valence-corrected chi connectivity index (χ4v) is 1.92. The highest BCUT2D eigenvalue weighted by molar-refractivity contribution is 7.15. The summed E-state index contributed by atoms with van der Waals surface area (Å²) in [6.07, 6.45) is 0. The summed E-state index contributed by atoms with van der Waals surface area (Å²) >= 11 is 1.55. The molecule has 0 aliphatic rings. The summed E-state index contributed by atoms with van der Waals surface area (Å²) in [5.41, 5.74) is 1.16. The van der Waals surface area contributed by atoms with Crippen molar-refractivity contribution < 1.29 is 4.74 Å². The van der Waals surface area contributed by atoms with E-state index in [0.717, 1.165) is 28.0 Å². The molecule has 0 saturated heterocycles. The van der Waals surface area contributed by atoms with Gasteiger partial charge in [-0.05, 0) is 24.6 Å². The first kappa shape index (κ1) is 10.9. The van der Waals surface area contributed by atoms with Crippen LogP contribution in [-0.2, 0) is 6.54 Å². The largest absolute Gasteiger partial charge is 0.497 e. The SMILES string of the molecule is COc1cccc(CNc2nnc(C)s2)c1. The third-order valence-electron chi connectivity index (χ3n) is 2.10. The molecule has 1 heterocycles. The number of aromatic nitrogens is 2. The summed E-state index contributed by atoms with van der Waals surface area (Å²) in [6.45, 7) is 2.67. The van der Waals surface area contributed by atoms with Crippen LogP contribution >= 0.6 is 11.3 Å². The molecule has 0 aliphatic carbocycles. The minimum atomic E-state index is 0.728. The van der Waals surface area contributed by atoms with Crippen LogP contribution in [0.15, 0.2) is 24.3 Å². The summed E-state index contributed by atoms with van der Waals surface area (Å²) in [4.78, 5) is 0. The first-order valence-electron chi connectivity index (χ1n) is 4.95. The number of anilines is 1. The lowest BCUT2D eigenvalue weighted by atomic mass is 10.2. The maximum atomic E-state index is 5.16. The van der Waals surface area contributed by atoms with Gasteiger partial charge in [-0.25, -0.2) is 0 Å². The number of aryl methyl sites for hydroxylation is 1. The molecule has 0 saturated carbocycles. The molecular formula is C11H13N3OS. The van der Waals surface area contributed by atoms with Gasteiger partial charge in [-0.1, -0.05) is 23.5 Å². The quantitative estimate of drug-likeness (QED) is 0.884. The molecule has 16 heavy (non-hydrogen) atoms. The van der Waals surface area contributed by atoms with E-state index in [1.807, 2.05) is 31.2 Å². The molecule has 0 amide bonds. The van der Waals surface area contributed by atoms with Gasteiger partial charge in [0.05, 0.1) is 7.11 Å². The van der Waals surface area contributed by atoms with E-state index in [2.05, 4.69) is 15.5 Å². The molecule has 2 aromatic rings. The lowest BCUT2D eigenvalue weighted by molar-refractivity contribution is 0.414. The maximum absolute atomic E-state index is 5.16. The number of nitrogens with zero attached hydrogens (tertiary/aromatic N) is 2. The number of ether oxygens (including phenoxy) is 1. The number of hydrogen-bond acceptors (Lipinski definition) is 5. The summed E-state index contributed by atoms with van der Waals surface area (Å²) in [6, 6.07) is 7.95. The Balaban J connectivity index is 1.99. The van der Waals surface area contributed by atoms with E-state index in [4.69, 9.17) is 4.74 Å². The van der Waals surface area contributed by atoms with E-state index in [-0.39, 0.29) is 0 Å². The van der Waals surface area contributed by atoms with Crippen LogP contribution in [0.3, 0.4) is 0 Å². The standard InChI is InChI=1S/C11H13N3OS/c1-8-13-14-11(16-8)12-7-9-4-3-5-10(6-9)15-2/h3-6H,7H2,1-2H3,(H,12,14). The topological polar surface area (TPSA) is 47.0 Å². The summed E-state index contributed by atoms with van der Waals surface area (Å²) in [5, 5.41) is 13.0. The average Bonchev–Trinajstić information content (AvgIpc) is 2.73. The highest BCUT2D eigenvalue weighted by Gasteiger charge is 2.00. The van der Waals surface area contributed by atoms with E-state index < -0.39 is 0 Å². The lowest BCUT2D eigenvalue weighted by Crippen LogP contribution is -1.99. The summed E-state index contributed by atoms with van der Waals surface area (Å²) in [7, 11) is 1.67. The van der Waals surface area contributed by atoms with E-state index in [0.29, 0.717) is 0 Å². The molecule has 0 aliphatic heterocycles. The zero-order valence-corrected chi connectivity index (χ0v) is 10.0. The van der Waals surface area contributed by atoms with Crippen LogP contribution in [0.5, 0.6) is 5.75 Å². The Morgan fingerprint density at radius 2 is 2.25 bits per heavy atom. The molecule has 0 fully saturated rings. The number of rotatable bonds is 4. The molecular weight excluding hydrogens is 222 g/mol. The van der Waals surface area contributed by atoms with Gasteiger partial charge in [-0.3, -0.25) is 0 Å². The van der Waals surface area contributed by atoms with Crippen LogP contribution in [0.1, 0.15) is 10.6 Å². The molecule has 0 spiro atoms. The third kappa shape index (κ3) is 2.70. The molecule has 2 rings (SSSR count). The lowest BCUT2D eigenvalue weighted by Gasteiger charge is -2.04. The molecule has 0 unspecified atom stereocenters. The van der Waals surface area contributed by atoms with Gasteiger partial charge in [-0.15, -0.1) is 10.2 Å². The van der Waals surface area contributed by atoms with Crippen molar-refractivity contribution in [2.24, 2.45) is 0 Å². The zero-order valence-electron chi connectivity index (χ0n) is 9.23. The molecule has 0 atom stereocenters. The van der Waals surface area contributed by atoms with Gasteiger partial charge in [0.2, 0.25) is 5.13 Å². The maximum Gasteiger partial charge on any atom is 0.205 e. The molecule has 1 aromatic carbocycles. The van der Waals surface area contributed by atoms with Crippen molar-refractivity contribution >= 4 is 16.5 Å². The van der Waals surface area contributed by atoms with Crippen molar-refractivity contribution in [1.82, 2.24) is 10.2 Å². The predicted octanol–water partition coefficient (Wildman–Crippen LogP) is 2.47. The molecule has 0 radical (unpaired) electrons. The fraction of sp³-hybridized carbons (Fsp3) is 0.273. The van der Waals surface area contributed by atoms with Crippen molar-refractivity contribution in [3.05, 3.63) is 34.8 Å². The van der Waals surface area contributed by atoms with Gasteiger partial charge < -0.3 is 10.1 Å². The molecule has 0 bridgehead atoms. The summed E-state index contributed by atoms with van der Waals surface area (Å²) in [5.74, 6) is 0.868. The monoisotopic (exact) mass is 235 g/mol. The summed E-state index contributed by atoms with van der Waals surface area (Å²) < 4.78 is 5.16. The van der Waals surface area contributed by atoms with Crippen LogP contribution in [0.25, 0.3) is 0 Å². The Labute approximate surface area is 98.3 Å². The first-order chi connectivity index (χ1) is 7.78.